The van der Waals surface area contributed by atoms with Gasteiger partial charge in [0.15, 0.2) is 0 Å². The Morgan fingerprint density at radius 2 is 1.92 bits per heavy atom. The van der Waals surface area contributed by atoms with Crippen LogP contribution in [-0.4, -0.2) is 52.1 Å². The number of aromatic nitrogens is 3. The van der Waals surface area contributed by atoms with Crippen molar-refractivity contribution in [1.29, 1.82) is 0 Å². The van der Waals surface area contributed by atoms with Gasteiger partial charge in [-0.25, -0.2) is 9.97 Å². The van der Waals surface area contributed by atoms with Crippen molar-refractivity contribution in [3.8, 4) is 0 Å². The Morgan fingerprint density at radius 3 is 2.73 bits per heavy atom. The van der Waals surface area contributed by atoms with Crippen LogP contribution in [0.15, 0.2) is 23.8 Å². The minimum atomic E-state index is 0.406. The second-order valence-corrected chi connectivity index (χ2v) is 8.26. The molecule has 2 fully saturated rings. The second kappa shape index (κ2) is 8.77. The highest BCUT2D eigenvalue weighted by Crippen LogP contribution is 2.20. The Hall–Kier alpha value is -1.73. The predicted octanol–water partition coefficient (Wildman–Crippen LogP) is 3.39. The zero-order valence-electron chi connectivity index (χ0n) is 15.3. The van der Waals surface area contributed by atoms with E-state index in [1.807, 2.05) is 18.5 Å². The van der Waals surface area contributed by atoms with Crippen molar-refractivity contribution in [2.75, 3.05) is 36.4 Å². The van der Waals surface area contributed by atoms with Gasteiger partial charge >= 0.3 is 0 Å². The van der Waals surface area contributed by atoms with Gasteiger partial charge in [0, 0.05) is 43.4 Å². The molecule has 0 spiro atoms. The molecule has 2 aromatic rings. The molecule has 1 N–H and O–H groups in total. The molecule has 0 aromatic carbocycles. The van der Waals surface area contributed by atoms with Crippen molar-refractivity contribution in [3.05, 3.63) is 28.8 Å². The lowest BCUT2D eigenvalue weighted by Crippen LogP contribution is -2.42. The molecule has 0 aliphatic carbocycles. The summed E-state index contributed by atoms with van der Waals surface area (Å²) in [5.74, 6) is 1.84. The summed E-state index contributed by atoms with van der Waals surface area (Å²) >= 11 is 1.74. The first-order valence-corrected chi connectivity index (χ1v) is 10.7. The fourth-order valence-electron chi connectivity index (χ4n) is 3.92. The quantitative estimate of drug-likeness (QED) is 0.868. The number of thiazole rings is 1. The van der Waals surface area contributed by atoms with E-state index in [9.17, 15) is 0 Å². The molecule has 4 rings (SSSR count). The van der Waals surface area contributed by atoms with Gasteiger partial charge in [0.05, 0.1) is 6.54 Å². The van der Waals surface area contributed by atoms with Crippen LogP contribution in [0.5, 0.6) is 0 Å². The number of hydrogen-bond acceptors (Lipinski definition) is 7. The van der Waals surface area contributed by atoms with Crippen LogP contribution in [0.3, 0.4) is 0 Å². The molecule has 1 unspecified atom stereocenters. The van der Waals surface area contributed by atoms with E-state index in [1.165, 1.54) is 43.5 Å². The van der Waals surface area contributed by atoms with Gasteiger partial charge in [0.1, 0.15) is 10.8 Å². The fraction of sp³-hybridized carbons (Fsp3) is 0.632. The van der Waals surface area contributed by atoms with Crippen LogP contribution >= 0.6 is 11.3 Å². The van der Waals surface area contributed by atoms with E-state index in [4.69, 9.17) is 4.98 Å². The van der Waals surface area contributed by atoms with Crippen molar-refractivity contribution in [1.82, 2.24) is 19.9 Å². The monoisotopic (exact) mass is 372 g/mol. The summed E-state index contributed by atoms with van der Waals surface area (Å²) in [5.41, 5.74) is 0. The largest absolute Gasteiger partial charge is 0.356 e. The number of nitrogens with one attached hydrogen (secondary N) is 1. The normalized spacial score (nSPS) is 22.2. The first-order valence-electron chi connectivity index (χ1n) is 9.82. The SMILES string of the molecule is c1cc(N2CCCCCC2)nc(NC2CCCN(Cc3nccs3)C2)n1. The van der Waals surface area contributed by atoms with E-state index in [0.717, 1.165) is 44.5 Å². The zero-order chi connectivity index (χ0) is 17.6. The molecule has 6 nitrogen and oxygen atoms in total. The first-order chi connectivity index (χ1) is 12.9. The summed E-state index contributed by atoms with van der Waals surface area (Å²) in [6, 6.07) is 2.45. The van der Waals surface area contributed by atoms with Crippen LogP contribution in [0.4, 0.5) is 11.8 Å². The summed E-state index contributed by atoms with van der Waals surface area (Å²) in [6.07, 6.45) is 11.4. The van der Waals surface area contributed by atoms with Crippen molar-refractivity contribution in [2.45, 2.75) is 51.1 Å². The van der Waals surface area contributed by atoms with Crippen LogP contribution in [0.1, 0.15) is 43.5 Å². The molecule has 4 heterocycles. The van der Waals surface area contributed by atoms with E-state index in [2.05, 4.69) is 30.5 Å². The van der Waals surface area contributed by atoms with Gasteiger partial charge in [-0.1, -0.05) is 12.8 Å². The highest BCUT2D eigenvalue weighted by Gasteiger charge is 2.21. The third-order valence-corrected chi connectivity index (χ3v) is 6.02. The molecule has 2 aliphatic heterocycles. The number of nitrogens with zero attached hydrogens (tertiary/aromatic N) is 5. The average Bonchev–Trinajstić information content (AvgIpc) is 3.01. The topological polar surface area (TPSA) is 57.2 Å². The number of hydrogen-bond donors (Lipinski definition) is 1. The predicted molar refractivity (Wildman–Crippen MR) is 107 cm³/mol. The summed E-state index contributed by atoms with van der Waals surface area (Å²) in [5, 5.41) is 6.83. The lowest BCUT2D eigenvalue weighted by Gasteiger charge is -2.32. The van der Waals surface area contributed by atoms with Crippen molar-refractivity contribution < 1.29 is 0 Å². The lowest BCUT2D eigenvalue weighted by molar-refractivity contribution is 0.208. The van der Waals surface area contributed by atoms with E-state index in [1.54, 1.807) is 11.3 Å². The van der Waals surface area contributed by atoms with Crippen LogP contribution in [0.25, 0.3) is 0 Å². The van der Waals surface area contributed by atoms with Crippen molar-refractivity contribution in [3.63, 3.8) is 0 Å². The van der Waals surface area contributed by atoms with Gasteiger partial charge in [-0.3, -0.25) is 4.90 Å². The zero-order valence-corrected chi connectivity index (χ0v) is 16.1. The average molecular weight is 373 g/mol. The maximum atomic E-state index is 4.81. The molecule has 7 heteroatoms. The third-order valence-electron chi connectivity index (χ3n) is 5.25. The van der Waals surface area contributed by atoms with Crippen LogP contribution in [0.2, 0.25) is 0 Å². The molecule has 0 amide bonds. The molecule has 0 bridgehead atoms. The van der Waals surface area contributed by atoms with E-state index >= 15 is 0 Å². The Balaban J connectivity index is 1.36. The maximum Gasteiger partial charge on any atom is 0.224 e. The Bertz CT molecular complexity index is 668. The minimum Gasteiger partial charge on any atom is -0.356 e. The van der Waals surface area contributed by atoms with Crippen molar-refractivity contribution >= 4 is 23.1 Å². The van der Waals surface area contributed by atoms with Crippen LogP contribution in [-0.2, 0) is 6.54 Å². The van der Waals surface area contributed by atoms with Crippen molar-refractivity contribution in [2.24, 2.45) is 0 Å². The number of likely N-dealkylation sites (tertiary alicyclic amines) is 1. The van der Waals surface area contributed by atoms with Gasteiger partial charge in [0.25, 0.3) is 0 Å². The Kier molecular flexibility index (Phi) is 5.96. The van der Waals surface area contributed by atoms with Gasteiger partial charge in [-0.2, -0.15) is 4.98 Å². The number of piperidine rings is 1. The van der Waals surface area contributed by atoms with Crippen LogP contribution in [0, 0.1) is 0 Å². The molecule has 2 aromatic heterocycles. The summed E-state index contributed by atoms with van der Waals surface area (Å²) < 4.78 is 0. The highest BCUT2D eigenvalue weighted by molar-refractivity contribution is 7.09. The Morgan fingerprint density at radius 1 is 1.04 bits per heavy atom. The smallest absolute Gasteiger partial charge is 0.224 e. The molecule has 2 aliphatic rings. The fourth-order valence-corrected chi connectivity index (χ4v) is 4.57. The van der Waals surface area contributed by atoms with E-state index < -0.39 is 0 Å². The molecule has 0 radical (unpaired) electrons. The highest BCUT2D eigenvalue weighted by atomic mass is 32.1. The van der Waals surface area contributed by atoms with Crippen LogP contribution < -0.4 is 10.2 Å². The molecular formula is C19H28N6S. The Labute approximate surface area is 159 Å². The van der Waals surface area contributed by atoms with Gasteiger partial charge in [0.2, 0.25) is 5.95 Å². The lowest BCUT2D eigenvalue weighted by atomic mass is 10.1. The summed E-state index contributed by atoms with van der Waals surface area (Å²) in [7, 11) is 0. The summed E-state index contributed by atoms with van der Waals surface area (Å²) in [4.78, 5) is 18.6. The molecular weight excluding hydrogens is 344 g/mol. The first kappa shape index (κ1) is 17.7. The summed E-state index contributed by atoms with van der Waals surface area (Å²) in [6.45, 7) is 5.34. The van der Waals surface area contributed by atoms with E-state index in [-0.39, 0.29) is 0 Å². The molecule has 0 saturated carbocycles. The number of rotatable bonds is 5. The minimum absolute atomic E-state index is 0.406. The van der Waals surface area contributed by atoms with E-state index in [0.29, 0.717) is 6.04 Å². The number of anilines is 2. The second-order valence-electron chi connectivity index (χ2n) is 7.28. The standard InChI is InChI=1S/C19H28N6S/c1-2-4-12-25(11-3-1)17-7-8-21-19(23-17)22-16-6-5-10-24(14-16)15-18-20-9-13-26-18/h7-9,13,16H,1-6,10-12,14-15H2,(H,21,22,23). The molecule has 2 saturated heterocycles. The van der Waals surface area contributed by atoms with Gasteiger partial charge in [-0.05, 0) is 38.3 Å². The van der Waals surface area contributed by atoms with Gasteiger partial charge < -0.3 is 10.2 Å². The molecule has 140 valence electrons. The molecule has 1 atom stereocenters. The molecule has 26 heavy (non-hydrogen) atoms. The maximum absolute atomic E-state index is 4.81. The third kappa shape index (κ3) is 4.71. The van der Waals surface area contributed by atoms with Gasteiger partial charge in [-0.15, -0.1) is 11.3 Å².